The molecule has 152 valence electrons. The Morgan fingerprint density at radius 3 is 2.43 bits per heavy atom. The number of amides is 1. The van der Waals surface area contributed by atoms with Crippen molar-refractivity contribution in [2.45, 2.75) is 20.0 Å². The van der Waals surface area contributed by atoms with Gasteiger partial charge in [-0.2, -0.15) is 13.2 Å². The molecule has 0 aliphatic heterocycles. The standard InChI is InChI=1S/C22H17F3N4O/c1-13-6-8-17(10-16(13)9-7-15-11-27-21(26)28-12-15)20(30)29-19-5-3-4-18(14(19)2)22(23,24)25/h3-6,8,10-12H,1-2H3,(H,29,30)(H2,26,27,28). The van der Waals surface area contributed by atoms with Gasteiger partial charge in [-0.3, -0.25) is 4.79 Å². The number of rotatable bonds is 2. The maximum atomic E-state index is 13.1. The van der Waals surface area contributed by atoms with Crippen LogP contribution in [0.25, 0.3) is 0 Å². The maximum Gasteiger partial charge on any atom is 0.416 e. The monoisotopic (exact) mass is 410 g/mol. The summed E-state index contributed by atoms with van der Waals surface area (Å²) in [5.41, 5.74) is 6.97. The van der Waals surface area contributed by atoms with Crippen molar-refractivity contribution in [2.75, 3.05) is 11.1 Å². The topological polar surface area (TPSA) is 80.9 Å². The number of alkyl halides is 3. The summed E-state index contributed by atoms with van der Waals surface area (Å²) in [4.78, 5) is 20.3. The molecule has 0 spiro atoms. The quantitative estimate of drug-likeness (QED) is 0.616. The fourth-order valence-electron chi connectivity index (χ4n) is 2.71. The van der Waals surface area contributed by atoms with Crippen LogP contribution in [0.2, 0.25) is 0 Å². The molecular weight excluding hydrogens is 393 g/mol. The van der Waals surface area contributed by atoms with Gasteiger partial charge in [-0.1, -0.05) is 24.0 Å². The molecule has 0 unspecified atom stereocenters. The third kappa shape index (κ3) is 4.75. The van der Waals surface area contributed by atoms with E-state index in [1.165, 1.54) is 31.5 Å². The molecule has 2 aromatic carbocycles. The number of aryl methyl sites for hydroxylation is 1. The summed E-state index contributed by atoms with van der Waals surface area (Å²) in [7, 11) is 0. The van der Waals surface area contributed by atoms with E-state index < -0.39 is 17.6 Å². The zero-order valence-corrected chi connectivity index (χ0v) is 16.1. The molecule has 0 saturated heterocycles. The van der Waals surface area contributed by atoms with E-state index in [-0.39, 0.29) is 22.8 Å². The number of nitrogen functional groups attached to an aromatic ring is 1. The minimum atomic E-state index is -4.50. The van der Waals surface area contributed by atoms with Crippen LogP contribution in [0, 0.1) is 25.7 Å². The predicted octanol–water partition coefficient (Wildman–Crippen LogP) is 4.35. The number of aromatic nitrogens is 2. The molecule has 30 heavy (non-hydrogen) atoms. The Kier molecular flexibility index (Phi) is 5.74. The van der Waals surface area contributed by atoms with E-state index in [0.717, 1.165) is 11.6 Å². The Labute approximate surface area is 171 Å². The summed E-state index contributed by atoms with van der Waals surface area (Å²) in [5, 5.41) is 2.54. The molecule has 0 aliphatic rings. The van der Waals surface area contributed by atoms with Crippen LogP contribution in [0.15, 0.2) is 48.8 Å². The third-order valence-electron chi connectivity index (χ3n) is 4.40. The van der Waals surface area contributed by atoms with E-state index in [0.29, 0.717) is 11.1 Å². The van der Waals surface area contributed by atoms with Gasteiger partial charge in [0.05, 0.1) is 11.1 Å². The lowest BCUT2D eigenvalue weighted by Crippen LogP contribution is -2.15. The Morgan fingerprint density at radius 1 is 1.07 bits per heavy atom. The van der Waals surface area contributed by atoms with Crippen LogP contribution in [0.3, 0.4) is 0 Å². The van der Waals surface area contributed by atoms with E-state index in [1.807, 2.05) is 6.92 Å². The minimum absolute atomic E-state index is 0.0474. The lowest BCUT2D eigenvalue weighted by Gasteiger charge is -2.15. The number of carbonyl (C=O) groups is 1. The first-order valence-corrected chi connectivity index (χ1v) is 8.83. The Hall–Kier alpha value is -3.86. The number of carbonyl (C=O) groups excluding carboxylic acids is 1. The van der Waals surface area contributed by atoms with Crippen molar-refractivity contribution in [3.05, 3.63) is 82.2 Å². The van der Waals surface area contributed by atoms with Gasteiger partial charge in [0.15, 0.2) is 0 Å². The average Bonchev–Trinajstić information content (AvgIpc) is 2.69. The predicted molar refractivity (Wildman–Crippen MR) is 108 cm³/mol. The molecular formula is C22H17F3N4O. The summed E-state index contributed by atoms with van der Waals surface area (Å²) in [6.45, 7) is 3.15. The van der Waals surface area contributed by atoms with Gasteiger partial charge in [-0.15, -0.1) is 0 Å². The molecule has 1 aromatic heterocycles. The highest BCUT2D eigenvalue weighted by molar-refractivity contribution is 6.05. The average molecular weight is 410 g/mol. The zero-order chi connectivity index (χ0) is 21.9. The summed E-state index contributed by atoms with van der Waals surface area (Å²) < 4.78 is 39.3. The first-order valence-electron chi connectivity index (χ1n) is 8.83. The van der Waals surface area contributed by atoms with E-state index in [4.69, 9.17) is 5.73 Å². The summed E-state index contributed by atoms with van der Waals surface area (Å²) >= 11 is 0. The highest BCUT2D eigenvalue weighted by atomic mass is 19.4. The number of halogens is 3. The van der Waals surface area contributed by atoms with Gasteiger partial charge < -0.3 is 11.1 Å². The Bertz CT molecular complexity index is 1160. The van der Waals surface area contributed by atoms with E-state index in [2.05, 4.69) is 27.1 Å². The molecule has 0 bridgehead atoms. The Morgan fingerprint density at radius 2 is 1.77 bits per heavy atom. The fourth-order valence-corrected chi connectivity index (χ4v) is 2.71. The first-order chi connectivity index (χ1) is 14.1. The molecule has 1 amide bonds. The van der Waals surface area contributed by atoms with Crippen molar-refractivity contribution in [2.24, 2.45) is 0 Å². The summed E-state index contributed by atoms with van der Waals surface area (Å²) in [5.74, 6) is 5.45. The van der Waals surface area contributed by atoms with E-state index >= 15 is 0 Å². The number of hydrogen-bond acceptors (Lipinski definition) is 4. The summed E-state index contributed by atoms with van der Waals surface area (Å²) in [6.07, 6.45) is -1.53. The first kappa shape index (κ1) is 20.9. The maximum absolute atomic E-state index is 13.1. The van der Waals surface area contributed by atoms with Crippen LogP contribution in [0.5, 0.6) is 0 Å². The highest BCUT2D eigenvalue weighted by Gasteiger charge is 2.33. The summed E-state index contributed by atoms with van der Waals surface area (Å²) in [6, 6.07) is 8.55. The van der Waals surface area contributed by atoms with Crippen molar-refractivity contribution < 1.29 is 18.0 Å². The number of benzene rings is 2. The molecule has 5 nitrogen and oxygen atoms in total. The van der Waals surface area contributed by atoms with Gasteiger partial charge in [-0.05, 0) is 49.2 Å². The van der Waals surface area contributed by atoms with Crippen LogP contribution in [0.4, 0.5) is 24.8 Å². The van der Waals surface area contributed by atoms with Crippen molar-refractivity contribution in [1.29, 1.82) is 0 Å². The van der Waals surface area contributed by atoms with Crippen LogP contribution in [0.1, 0.15) is 38.2 Å². The van der Waals surface area contributed by atoms with Crippen LogP contribution in [-0.2, 0) is 6.18 Å². The van der Waals surface area contributed by atoms with Crippen LogP contribution >= 0.6 is 0 Å². The van der Waals surface area contributed by atoms with Gasteiger partial charge in [0.1, 0.15) is 0 Å². The molecule has 1 heterocycles. The smallest absolute Gasteiger partial charge is 0.368 e. The molecule has 0 radical (unpaired) electrons. The highest BCUT2D eigenvalue weighted by Crippen LogP contribution is 2.34. The second-order valence-corrected chi connectivity index (χ2v) is 6.54. The van der Waals surface area contributed by atoms with Crippen molar-refractivity contribution in [3.8, 4) is 11.8 Å². The van der Waals surface area contributed by atoms with Crippen molar-refractivity contribution >= 4 is 17.5 Å². The number of nitrogens with zero attached hydrogens (tertiary/aromatic N) is 2. The second-order valence-electron chi connectivity index (χ2n) is 6.54. The van der Waals surface area contributed by atoms with Gasteiger partial charge in [0.25, 0.3) is 5.91 Å². The normalized spacial score (nSPS) is 10.8. The number of nitrogens with two attached hydrogens (primary N) is 1. The van der Waals surface area contributed by atoms with Crippen LogP contribution in [-0.4, -0.2) is 15.9 Å². The van der Waals surface area contributed by atoms with Crippen molar-refractivity contribution in [1.82, 2.24) is 9.97 Å². The van der Waals surface area contributed by atoms with Gasteiger partial charge >= 0.3 is 6.18 Å². The number of hydrogen-bond donors (Lipinski definition) is 2. The van der Waals surface area contributed by atoms with Gasteiger partial charge in [-0.25, -0.2) is 9.97 Å². The molecule has 3 N–H and O–H groups in total. The minimum Gasteiger partial charge on any atom is -0.368 e. The lowest BCUT2D eigenvalue weighted by molar-refractivity contribution is -0.138. The van der Waals surface area contributed by atoms with Crippen LogP contribution < -0.4 is 11.1 Å². The van der Waals surface area contributed by atoms with Gasteiger partial charge in [0.2, 0.25) is 5.95 Å². The SMILES string of the molecule is Cc1ccc(C(=O)Nc2cccc(C(F)(F)F)c2C)cc1C#Cc1cnc(N)nc1. The molecule has 8 heteroatoms. The molecule has 3 rings (SSSR count). The fraction of sp³-hybridized carbons (Fsp3) is 0.136. The van der Waals surface area contributed by atoms with E-state index in [1.54, 1.807) is 18.2 Å². The molecule has 0 atom stereocenters. The molecule has 0 fully saturated rings. The number of nitrogens with one attached hydrogen (secondary N) is 1. The molecule has 0 saturated carbocycles. The second kappa shape index (κ2) is 8.25. The van der Waals surface area contributed by atoms with Gasteiger partial charge in [0, 0.05) is 29.2 Å². The largest absolute Gasteiger partial charge is 0.416 e. The molecule has 0 aliphatic carbocycles. The van der Waals surface area contributed by atoms with E-state index in [9.17, 15) is 18.0 Å². The zero-order valence-electron chi connectivity index (χ0n) is 16.1. The third-order valence-corrected chi connectivity index (χ3v) is 4.40. The Balaban J connectivity index is 1.86. The lowest BCUT2D eigenvalue weighted by atomic mass is 10.0. The number of anilines is 2. The molecule has 3 aromatic rings. The van der Waals surface area contributed by atoms with Crippen molar-refractivity contribution in [3.63, 3.8) is 0 Å².